The molecule has 0 unspecified atom stereocenters. The Hall–Kier alpha value is -2.11. The van der Waals surface area contributed by atoms with Crippen molar-refractivity contribution in [3.63, 3.8) is 0 Å². The molecule has 0 atom stereocenters. The van der Waals surface area contributed by atoms with E-state index in [4.69, 9.17) is 0 Å². The van der Waals surface area contributed by atoms with Crippen LogP contribution in [0.1, 0.15) is 36.0 Å². The van der Waals surface area contributed by atoms with Crippen molar-refractivity contribution in [3.05, 3.63) is 33.9 Å². The highest BCUT2D eigenvalue weighted by Crippen LogP contribution is 2.26. The predicted octanol–water partition coefficient (Wildman–Crippen LogP) is 2.68. The lowest BCUT2D eigenvalue weighted by Gasteiger charge is -2.23. The van der Waals surface area contributed by atoms with Crippen LogP contribution in [0.2, 0.25) is 0 Å². The lowest BCUT2D eigenvalue weighted by Crippen LogP contribution is -2.33. The average molecular weight is 291 g/mol. The van der Waals surface area contributed by atoms with Crippen molar-refractivity contribution >= 4 is 17.3 Å². The fourth-order valence-corrected chi connectivity index (χ4v) is 2.64. The molecule has 0 N–H and O–H groups in total. The van der Waals surface area contributed by atoms with E-state index in [0.29, 0.717) is 5.56 Å². The van der Waals surface area contributed by atoms with E-state index in [1.165, 1.54) is 12.1 Å². The fourth-order valence-electron chi connectivity index (χ4n) is 2.64. The second kappa shape index (κ2) is 6.56. The van der Waals surface area contributed by atoms with Crippen molar-refractivity contribution in [3.8, 4) is 0 Å². The van der Waals surface area contributed by atoms with E-state index in [1.807, 2.05) is 23.9 Å². The lowest BCUT2D eigenvalue weighted by molar-refractivity contribution is -0.384. The molecular weight excluding hydrogens is 270 g/mol. The van der Waals surface area contributed by atoms with Gasteiger partial charge < -0.3 is 9.80 Å². The minimum Gasteiger partial charge on any atom is -0.377 e. The molecule has 6 nitrogen and oxygen atoms in total. The van der Waals surface area contributed by atoms with Crippen LogP contribution in [0.25, 0.3) is 0 Å². The summed E-state index contributed by atoms with van der Waals surface area (Å²) in [6.45, 7) is 1.46. The molecule has 114 valence electrons. The summed E-state index contributed by atoms with van der Waals surface area (Å²) in [5.41, 5.74) is 1.09. The smallest absolute Gasteiger partial charge is 0.270 e. The van der Waals surface area contributed by atoms with Crippen molar-refractivity contribution in [1.29, 1.82) is 0 Å². The molecule has 0 aromatic heterocycles. The molecule has 1 aromatic carbocycles. The Kier molecular flexibility index (Phi) is 4.77. The number of amides is 1. The van der Waals surface area contributed by atoms with Gasteiger partial charge in [0.25, 0.3) is 11.6 Å². The maximum Gasteiger partial charge on any atom is 0.270 e. The number of likely N-dealkylation sites (tertiary alicyclic amines) is 1. The third-order valence-corrected chi connectivity index (χ3v) is 3.80. The topological polar surface area (TPSA) is 66.7 Å². The van der Waals surface area contributed by atoms with E-state index in [-0.39, 0.29) is 11.6 Å². The first-order valence-corrected chi connectivity index (χ1v) is 7.26. The van der Waals surface area contributed by atoms with E-state index < -0.39 is 4.92 Å². The van der Waals surface area contributed by atoms with Gasteiger partial charge >= 0.3 is 0 Å². The number of carbonyl (C=O) groups excluding carboxylic acids is 1. The maximum absolute atomic E-state index is 12.7. The van der Waals surface area contributed by atoms with Gasteiger partial charge in [-0.15, -0.1) is 0 Å². The average Bonchev–Trinajstić information content (AvgIpc) is 2.74. The van der Waals surface area contributed by atoms with Gasteiger partial charge in [0.1, 0.15) is 0 Å². The quantitative estimate of drug-likeness (QED) is 0.634. The van der Waals surface area contributed by atoms with Gasteiger partial charge in [-0.3, -0.25) is 14.9 Å². The number of nitrogens with zero attached hydrogens (tertiary/aromatic N) is 3. The van der Waals surface area contributed by atoms with Crippen molar-refractivity contribution in [2.45, 2.75) is 25.7 Å². The normalized spacial score (nSPS) is 15.4. The molecule has 2 rings (SSSR count). The first-order valence-electron chi connectivity index (χ1n) is 7.26. The van der Waals surface area contributed by atoms with Gasteiger partial charge in [-0.05, 0) is 18.9 Å². The minimum atomic E-state index is -0.460. The second-order valence-corrected chi connectivity index (χ2v) is 5.56. The van der Waals surface area contributed by atoms with Crippen LogP contribution in [0.15, 0.2) is 18.2 Å². The molecule has 0 aliphatic carbocycles. The summed E-state index contributed by atoms with van der Waals surface area (Å²) >= 11 is 0. The number of hydrogen-bond donors (Lipinski definition) is 0. The molecule has 0 saturated carbocycles. The van der Waals surface area contributed by atoms with Crippen LogP contribution in [0.3, 0.4) is 0 Å². The summed E-state index contributed by atoms with van der Waals surface area (Å²) in [5.74, 6) is -0.107. The van der Waals surface area contributed by atoms with Gasteiger partial charge in [0.2, 0.25) is 0 Å². The maximum atomic E-state index is 12.7. The SMILES string of the molecule is CN(C)c1ccc([N+](=O)[O-])cc1C(=O)N1CCCCCC1. The highest BCUT2D eigenvalue weighted by atomic mass is 16.6. The Morgan fingerprint density at radius 3 is 2.33 bits per heavy atom. The summed E-state index contributed by atoms with van der Waals surface area (Å²) in [4.78, 5) is 26.9. The van der Waals surface area contributed by atoms with Crippen LogP contribution in [0.4, 0.5) is 11.4 Å². The minimum absolute atomic E-state index is 0.0428. The van der Waals surface area contributed by atoms with Crippen LogP contribution < -0.4 is 4.90 Å². The summed E-state index contributed by atoms with van der Waals surface area (Å²) < 4.78 is 0. The van der Waals surface area contributed by atoms with Crippen molar-refractivity contribution in [1.82, 2.24) is 4.90 Å². The van der Waals surface area contributed by atoms with E-state index in [2.05, 4.69) is 0 Å². The monoisotopic (exact) mass is 291 g/mol. The van der Waals surface area contributed by atoms with Gasteiger partial charge in [-0.1, -0.05) is 12.8 Å². The number of non-ortho nitro benzene ring substituents is 1. The molecule has 6 heteroatoms. The highest BCUT2D eigenvalue weighted by Gasteiger charge is 2.23. The second-order valence-electron chi connectivity index (χ2n) is 5.56. The third kappa shape index (κ3) is 3.51. The zero-order valence-corrected chi connectivity index (χ0v) is 12.5. The number of rotatable bonds is 3. The number of hydrogen-bond acceptors (Lipinski definition) is 4. The number of nitro groups is 1. The summed E-state index contributed by atoms with van der Waals surface area (Å²) in [6, 6.07) is 4.47. The largest absolute Gasteiger partial charge is 0.377 e. The van der Waals surface area contributed by atoms with E-state index in [0.717, 1.165) is 44.5 Å². The molecule has 1 fully saturated rings. The van der Waals surface area contributed by atoms with Crippen LogP contribution in [0, 0.1) is 10.1 Å². The standard InChI is InChI=1S/C15H21N3O3/c1-16(2)14-8-7-12(18(20)21)11-13(14)15(19)17-9-5-3-4-6-10-17/h7-8,11H,3-6,9-10H2,1-2H3. The van der Waals surface area contributed by atoms with Crippen LogP contribution in [0.5, 0.6) is 0 Å². The van der Waals surface area contributed by atoms with E-state index in [9.17, 15) is 14.9 Å². The van der Waals surface area contributed by atoms with Gasteiger partial charge in [0, 0.05) is 45.0 Å². The molecule has 1 amide bonds. The number of benzene rings is 1. The van der Waals surface area contributed by atoms with Crippen LogP contribution in [-0.4, -0.2) is 42.9 Å². The van der Waals surface area contributed by atoms with Gasteiger partial charge in [0.15, 0.2) is 0 Å². The van der Waals surface area contributed by atoms with Crippen molar-refractivity contribution < 1.29 is 9.72 Å². The Morgan fingerprint density at radius 2 is 1.81 bits per heavy atom. The molecule has 0 spiro atoms. The molecule has 0 radical (unpaired) electrons. The van der Waals surface area contributed by atoms with E-state index >= 15 is 0 Å². The third-order valence-electron chi connectivity index (χ3n) is 3.80. The molecule has 21 heavy (non-hydrogen) atoms. The van der Waals surface area contributed by atoms with E-state index in [1.54, 1.807) is 6.07 Å². The number of nitro benzene ring substituents is 1. The Morgan fingerprint density at radius 1 is 1.19 bits per heavy atom. The Labute approximate surface area is 124 Å². The first-order chi connectivity index (χ1) is 10.0. The van der Waals surface area contributed by atoms with Crippen LogP contribution in [-0.2, 0) is 0 Å². The fraction of sp³-hybridized carbons (Fsp3) is 0.533. The molecule has 0 bridgehead atoms. The highest BCUT2D eigenvalue weighted by molar-refractivity contribution is 6.00. The number of carbonyl (C=O) groups is 1. The molecule has 1 aromatic rings. The first kappa shape index (κ1) is 15.3. The van der Waals surface area contributed by atoms with Crippen molar-refractivity contribution in [2.24, 2.45) is 0 Å². The zero-order valence-electron chi connectivity index (χ0n) is 12.5. The van der Waals surface area contributed by atoms with Crippen molar-refractivity contribution in [2.75, 3.05) is 32.1 Å². The van der Waals surface area contributed by atoms with Gasteiger partial charge in [0.05, 0.1) is 10.5 Å². The summed E-state index contributed by atoms with van der Waals surface area (Å²) in [7, 11) is 3.67. The zero-order chi connectivity index (χ0) is 15.4. The van der Waals surface area contributed by atoms with Gasteiger partial charge in [-0.25, -0.2) is 0 Å². The van der Waals surface area contributed by atoms with Gasteiger partial charge in [-0.2, -0.15) is 0 Å². The number of anilines is 1. The molecule has 1 heterocycles. The Bertz CT molecular complexity index is 535. The molecule has 1 aliphatic heterocycles. The van der Waals surface area contributed by atoms with Crippen LogP contribution >= 0.6 is 0 Å². The molecule has 1 aliphatic rings. The molecular formula is C15H21N3O3. The molecule has 1 saturated heterocycles. The summed E-state index contributed by atoms with van der Waals surface area (Å²) in [5, 5.41) is 11.0. The predicted molar refractivity (Wildman–Crippen MR) is 81.8 cm³/mol. The Balaban J connectivity index is 2.36. The summed E-state index contributed by atoms with van der Waals surface area (Å²) in [6.07, 6.45) is 4.27. The lowest BCUT2D eigenvalue weighted by atomic mass is 10.1.